The molecule has 0 saturated heterocycles. The molecule has 0 amide bonds. The van der Waals surface area contributed by atoms with Crippen molar-refractivity contribution in [1.82, 2.24) is 5.32 Å². The number of furan rings is 1. The first kappa shape index (κ1) is 27.1. The smallest absolute Gasteiger partial charge is 0.171 e. The number of para-hydroxylation sites is 1. The highest BCUT2D eigenvalue weighted by molar-refractivity contribution is 7.26. The number of nitrogens with one attached hydrogen (secondary N) is 1. The normalized spacial score (nSPS) is 14.9. The Hall–Kier alpha value is -6.04. The molecule has 7 aromatic carbocycles. The summed E-state index contributed by atoms with van der Waals surface area (Å²) in [7, 11) is 0. The van der Waals surface area contributed by atoms with Crippen LogP contribution < -0.4 is 5.32 Å². The van der Waals surface area contributed by atoms with Crippen molar-refractivity contribution >= 4 is 75.9 Å². The average molecular weight is 634 g/mol. The summed E-state index contributed by atoms with van der Waals surface area (Å²) in [4.78, 5) is 10.4. The van der Waals surface area contributed by atoms with Crippen LogP contribution in [0.5, 0.6) is 0 Å². The number of aliphatic imine (C=N–C) groups is 2. The van der Waals surface area contributed by atoms with Gasteiger partial charge < -0.3 is 9.73 Å². The molecule has 1 unspecified atom stereocenters. The Morgan fingerprint density at radius 2 is 1.19 bits per heavy atom. The number of nitrogens with zero attached hydrogens (tertiary/aromatic N) is 2. The van der Waals surface area contributed by atoms with E-state index in [4.69, 9.17) is 14.4 Å². The number of benzene rings is 7. The van der Waals surface area contributed by atoms with Crippen molar-refractivity contribution in [2.24, 2.45) is 9.98 Å². The van der Waals surface area contributed by atoms with Crippen LogP contribution in [0.3, 0.4) is 0 Å². The van der Waals surface area contributed by atoms with Gasteiger partial charge >= 0.3 is 0 Å². The van der Waals surface area contributed by atoms with Gasteiger partial charge in [-0.1, -0.05) is 121 Å². The molecule has 0 radical (unpaired) electrons. The molecule has 1 N–H and O–H groups in total. The molecular formula is C43H27N3OS. The molecule has 5 heteroatoms. The van der Waals surface area contributed by atoms with E-state index in [0.29, 0.717) is 0 Å². The molecule has 1 aliphatic rings. The Labute approximate surface area is 280 Å². The van der Waals surface area contributed by atoms with E-state index in [1.54, 1.807) is 0 Å². The number of thiophene rings is 1. The maximum absolute atomic E-state index is 6.18. The van der Waals surface area contributed by atoms with Crippen molar-refractivity contribution in [3.8, 4) is 11.1 Å². The Morgan fingerprint density at radius 3 is 2.06 bits per heavy atom. The highest BCUT2D eigenvalue weighted by Gasteiger charge is 2.23. The number of hydrogen-bond acceptors (Lipinski definition) is 5. The van der Waals surface area contributed by atoms with Gasteiger partial charge in [0.05, 0.1) is 0 Å². The molecule has 1 atom stereocenters. The molecule has 4 nitrogen and oxygen atoms in total. The zero-order valence-corrected chi connectivity index (χ0v) is 26.5. The number of fused-ring (bicyclic) bond motifs is 7. The monoisotopic (exact) mass is 633 g/mol. The van der Waals surface area contributed by atoms with Crippen LogP contribution in [-0.4, -0.2) is 11.7 Å². The fraction of sp³-hybridized carbons (Fsp3) is 0.0233. The summed E-state index contributed by atoms with van der Waals surface area (Å²) >= 11 is 1.81. The van der Waals surface area contributed by atoms with Crippen molar-refractivity contribution in [1.29, 1.82) is 0 Å². The minimum atomic E-state index is -0.378. The zero-order valence-electron chi connectivity index (χ0n) is 25.7. The van der Waals surface area contributed by atoms with Gasteiger partial charge in [0.2, 0.25) is 0 Å². The van der Waals surface area contributed by atoms with Crippen LogP contribution in [0.1, 0.15) is 22.9 Å². The van der Waals surface area contributed by atoms with E-state index in [1.807, 2.05) is 47.7 Å². The van der Waals surface area contributed by atoms with Crippen LogP contribution in [0, 0.1) is 0 Å². The number of hydrogen-bond donors (Lipinski definition) is 1. The molecule has 0 spiro atoms. The first-order chi connectivity index (χ1) is 23.8. The molecule has 48 heavy (non-hydrogen) atoms. The van der Waals surface area contributed by atoms with E-state index in [0.717, 1.165) is 61.2 Å². The Bertz CT molecular complexity index is 2770. The van der Waals surface area contributed by atoms with Crippen LogP contribution in [-0.2, 0) is 0 Å². The van der Waals surface area contributed by atoms with Crippen LogP contribution in [0.25, 0.3) is 64.0 Å². The first-order valence-corrected chi connectivity index (χ1v) is 16.9. The van der Waals surface area contributed by atoms with Gasteiger partial charge in [0.15, 0.2) is 6.17 Å². The lowest BCUT2D eigenvalue weighted by molar-refractivity contribution is 0.669. The Morgan fingerprint density at radius 1 is 0.521 bits per heavy atom. The second-order valence-corrected chi connectivity index (χ2v) is 13.2. The lowest BCUT2D eigenvalue weighted by Crippen LogP contribution is -2.36. The summed E-state index contributed by atoms with van der Waals surface area (Å²) in [5.41, 5.74) is 7.32. The Kier molecular flexibility index (Phi) is 6.08. The van der Waals surface area contributed by atoms with Gasteiger partial charge in [0.1, 0.15) is 22.8 Å². The number of amidine groups is 2. The predicted molar refractivity (Wildman–Crippen MR) is 201 cm³/mol. The summed E-state index contributed by atoms with van der Waals surface area (Å²) in [6.45, 7) is 0. The molecule has 1 aliphatic heterocycles. The molecule has 0 aliphatic carbocycles. The third-order valence-corrected chi connectivity index (χ3v) is 10.6. The Balaban J connectivity index is 1.08. The third-order valence-electron chi connectivity index (χ3n) is 9.33. The highest BCUT2D eigenvalue weighted by Crippen LogP contribution is 2.40. The minimum Gasteiger partial charge on any atom is -0.456 e. The summed E-state index contributed by atoms with van der Waals surface area (Å²) in [6, 6.07) is 53.3. The lowest BCUT2D eigenvalue weighted by atomic mass is 9.96. The van der Waals surface area contributed by atoms with Gasteiger partial charge in [-0.05, 0) is 52.2 Å². The second-order valence-electron chi connectivity index (χ2n) is 12.2. The lowest BCUT2D eigenvalue weighted by Gasteiger charge is -2.23. The largest absolute Gasteiger partial charge is 0.456 e. The van der Waals surface area contributed by atoms with Crippen LogP contribution >= 0.6 is 11.3 Å². The van der Waals surface area contributed by atoms with Crippen molar-refractivity contribution in [2.75, 3.05) is 0 Å². The molecule has 0 fully saturated rings. The molecule has 226 valence electrons. The van der Waals surface area contributed by atoms with E-state index >= 15 is 0 Å². The maximum Gasteiger partial charge on any atom is 0.171 e. The molecule has 2 aromatic heterocycles. The molecule has 0 saturated carbocycles. The summed E-state index contributed by atoms with van der Waals surface area (Å²) in [5, 5.41) is 10.7. The van der Waals surface area contributed by atoms with Gasteiger partial charge in [-0.3, -0.25) is 0 Å². The molecular weight excluding hydrogens is 607 g/mol. The highest BCUT2D eigenvalue weighted by atomic mass is 32.1. The second kappa shape index (κ2) is 10.8. The predicted octanol–water partition coefficient (Wildman–Crippen LogP) is 11.3. The van der Waals surface area contributed by atoms with Crippen LogP contribution in [0.4, 0.5) is 0 Å². The van der Waals surface area contributed by atoms with Gasteiger partial charge in [-0.25, -0.2) is 9.98 Å². The zero-order chi connectivity index (χ0) is 31.6. The fourth-order valence-corrected chi connectivity index (χ4v) is 8.26. The van der Waals surface area contributed by atoms with E-state index in [2.05, 4.69) is 121 Å². The van der Waals surface area contributed by atoms with E-state index in [9.17, 15) is 0 Å². The molecule has 0 bridgehead atoms. The fourth-order valence-electron chi connectivity index (χ4n) is 7.03. The third kappa shape index (κ3) is 4.36. The van der Waals surface area contributed by atoms with Gasteiger partial charge in [0, 0.05) is 47.6 Å². The SMILES string of the molecule is c1ccc(C2=NC(c3cccc4c3sc3ccccc34)N=C(c3ccc4cc(-c5cccc6oc7ccccc7c56)ccc4c3)N2)cc1. The molecule has 3 heterocycles. The van der Waals surface area contributed by atoms with Crippen molar-refractivity contribution in [3.05, 3.63) is 168 Å². The van der Waals surface area contributed by atoms with E-state index < -0.39 is 0 Å². The standard InChI is InChI=1S/C43H27N3OS/c1-2-10-26(11-3-1)41-44-42(46-43(45-41)35-16-8-15-33-32-12-5-7-19-38(32)48-40(33)35)30-23-21-27-24-29(22-20-28(27)25-30)31-14-9-18-37-39(31)34-13-4-6-17-36(34)47-37/h1-25,43H,(H,44,45,46). The van der Waals surface area contributed by atoms with Crippen LogP contribution in [0.2, 0.25) is 0 Å². The maximum atomic E-state index is 6.18. The summed E-state index contributed by atoms with van der Waals surface area (Å²) in [5.74, 6) is 1.63. The van der Waals surface area contributed by atoms with Gasteiger partial charge in [-0.2, -0.15) is 0 Å². The minimum absolute atomic E-state index is 0.378. The van der Waals surface area contributed by atoms with Crippen LogP contribution in [0.15, 0.2) is 166 Å². The summed E-state index contributed by atoms with van der Waals surface area (Å²) in [6.07, 6.45) is -0.378. The summed E-state index contributed by atoms with van der Waals surface area (Å²) < 4.78 is 8.68. The number of rotatable bonds is 4. The average Bonchev–Trinajstić information content (AvgIpc) is 3.73. The van der Waals surface area contributed by atoms with Gasteiger partial charge in [-0.15, -0.1) is 11.3 Å². The van der Waals surface area contributed by atoms with E-state index in [1.165, 1.54) is 31.1 Å². The quantitative estimate of drug-likeness (QED) is 0.210. The van der Waals surface area contributed by atoms with E-state index in [-0.39, 0.29) is 6.17 Å². The molecule has 9 aromatic rings. The first-order valence-electron chi connectivity index (χ1n) is 16.1. The van der Waals surface area contributed by atoms with Gasteiger partial charge in [0.25, 0.3) is 0 Å². The van der Waals surface area contributed by atoms with Crippen molar-refractivity contribution < 1.29 is 4.42 Å². The topological polar surface area (TPSA) is 49.9 Å². The van der Waals surface area contributed by atoms with Crippen molar-refractivity contribution in [2.45, 2.75) is 6.17 Å². The van der Waals surface area contributed by atoms with Crippen molar-refractivity contribution in [3.63, 3.8) is 0 Å². The molecule has 10 rings (SSSR count).